The maximum absolute atomic E-state index is 12.2. The summed E-state index contributed by atoms with van der Waals surface area (Å²) in [5.41, 5.74) is 1.73. The summed E-state index contributed by atoms with van der Waals surface area (Å²) in [6.07, 6.45) is 3.55. The number of nitrogens with one attached hydrogen (secondary N) is 1. The van der Waals surface area contributed by atoms with Crippen LogP contribution in [0.3, 0.4) is 0 Å². The van der Waals surface area contributed by atoms with E-state index >= 15 is 0 Å². The Morgan fingerprint density at radius 1 is 1.46 bits per heavy atom. The molecular weight excluding hydrogens is 248 g/mol. The largest absolute Gasteiger partial charge is 0.379 e. The van der Waals surface area contributed by atoms with Crippen molar-refractivity contribution in [1.29, 1.82) is 0 Å². The first-order chi connectivity index (χ1) is 6.00. The van der Waals surface area contributed by atoms with E-state index in [1.165, 1.54) is 0 Å². The predicted molar refractivity (Wildman–Crippen MR) is 45.4 cm³/mol. The fourth-order valence-corrected chi connectivity index (χ4v) is 1.28. The first-order valence-corrected chi connectivity index (χ1v) is 4.82. The van der Waals surface area contributed by atoms with Gasteiger partial charge in [-0.3, -0.25) is 9.63 Å². The average Bonchev–Trinajstić information content (AvgIpc) is 2.50. The van der Waals surface area contributed by atoms with E-state index in [-0.39, 0.29) is 6.10 Å². The molecule has 1 rings (SSSR count). The van der Waals surface area contributed by atoms with Gasteiger partial charge in [0.2, 0.25) is 0 Å². The Bertz CT molecular complexity index is 189. The van der Waals surface area contributed by atoms with Crippen LogP contribution in [0.2, 0.25) is 0 Å². The molecule has 0 unspecified atom stereocenters. The lowest BCUT2D eigenvalue weighted by Crippen LogP contribution is -2.37. The Morgan fingerprint density at radius 3 is 2.46 bits per heavy atom. The molecule has 1 aliphatic rings. The lowest BCUT2D eigenvalue weighted by atomic mass is 10.3. The maximum atomic E-state index is 12.2. The van der Waals surface area contributed by atoms with Gasteiger partial charge in [0, 0.05) is 15.9 Å². The fraction of sp³-hybridized carbons (Fsp3) is 0.857. The molecule has 0 bridgehead atoms. The lowest BCUT2D eigenvalue weighted by molar-refractivity contribution is -0.151. The van der Waals surface area contributed by atoms with Crippen molar-refractivity contribution in [1.82, 2.24) is 5.48 Å². The summed E-state index contributed by atoms with van der Waals surface area (Å²) in [6.45, 7) is 0. The van der Waals surface area contributed by atoms with Gasteiger partial charge in [-0.15, -0.1) is 0 Å². The molecule has 0 aliphatic heterocycles. The highest BCUT2D eigenvalue weighted by molar-refractivity contribution is 9.10. The normalized spacial score (nSPS) is 19.0. The Labute approximate surface area is 82.9 Å². The SMILES string of the molecule is O=C(NOC1CCCC1)C(F)(F)Br. The molecule has 6 heteroatoms. The van der Waals surface area contributed by atoms with Gasteiger partial charge in [-0.05, 0) is 12.8 Å². The third-order valence-corrected chi connectivity index (χ3v) is 2.24. The molecule has 13 heavy (non-hydrogen) atoms. The molecule has 1 N–H and O–H groups in total. The number of alkyl halides is 3. The lowest BCUT2D eigenvalue weighted by Gasteiger charge is -2.13. The molecule has 1 aliphatic carbocycles. The highest BCUT2D eigenvalue weighted by Gasteiger charge is 2.35. The van der Waals surface area contributed by atoms with Crippen molar-refractivity contribution in [2.45, 2.75) is 36.6 Å². The summed E-state index contributed by atoms with van der Waals surface area (Å²) in [4.78, 5) is 11.8. The van der Waals surface area contributed by atoms with Crippen LogP contribution < -0.4 is 5.48 Å². The molecule has 0 aromatic heterocycles. The fourth-order valence-electron chi connectivity index (χ4n) is 1.20. The second-order valence-corrected chi connectivity index (χ2v) is 3.95. The first kappa shape index (κ1) is 10.8. The number of halogens is 3. The third-order valence-electron chi connectivity index (χ3n) is 1.88. The smallest absolute Gasteiger partial charge is 0.270 e. The zero-order valence-corrected chi connectivity index (χ0v) is 8.44. The quantitative estimate of drug-likeness (QED) is 0.620. The molecule has 76 valence electrons. The molecule has 0 aromatic rings. The standard InChI is InChI=1S/C7H10BrF2NO2/c8-7(9,10)6(12)11-13-5-3-1-2-4-5/h5H,1-4H2,(H,11,12). The monoisotopic (exact) mass is 257 g/mol. The van der Waals surface area contributed by atoms with Crippen molar-refractivity contribution in [3.05, 3.63) is 0 Å². The molecule has 0 heterocycles. The molecule has 1 amide bonds. The minimum atomic E-state index is -3.55. The van der Waals surface area contributed by atoms with Crippen molar-refractivity contribution in [2.75, 3.05) is 0 Å². The van der Waals surface area contributed by atoms with Gasteiger partial charge in [0.05, 0.1) is 6.10 Å². The highest BCUT2D eigenvalue weighted by Crippen LogP contribution is 2.23. The number of rotatable bonds is 3. The molecule has 0 saturated heterocycles. The van der Waals surface area contributed by atoms with Crippen molar-refractivity contribution in [2.24, 2.45) is 0 Å². The molecule has 0 spiro atoms. The summed E-state index contributed by atoms with van der Waals surface area (Å²) < 4.78 is 24.4. The van der Waals surface area contributed by atoms with Crippen LogP contribution in [0.25, 0.3) is 0 Å². The number of hydrogen-bond donors (Lipinski definition) is 1. The van der Waals surface area contributed by atoms with E-state index in [0.717, 1.165) is 25.7 Å². The number of carbonyl (C=O) groups excluding carboxylic acids is 1. The van der Waals surface area contributed by atoms with Crippen molar-refractivity contribution in [3.63, 3.8) is 0 Å². The molecule has 0 atom stereocenters. The van der Waals surface area contributed by atoms with Crippen LogP contribution in [0.4, 0.5) is 8.78 Å². The van der Waals surface area contributed by atoms with Gasteiger partial charge in [0.15, 0.2) is 0 Å². The molecule has 0 aromatic carbocycles. The van der Waals surface area contributed by atoms with Crippen molar-refractivity contribution >= 4 is 21.8 Å². The van der Waals surface area contributed by atoms with E-state index in [4.69, 9.17) is 4.84 Å². The van der Waals surface area contributed by atoms with Crippen LogP contribution >= 0.6 is 15.9 Å². The Morgan fingerprint density at radius 2 is 2.00 bits per heavy atom. The molecule has 1 saturated carbocycles. The van der Waals surface area contributed by atoms with E-state index in [1.807, 2.05) is 15.9 Å². The molecule has 3 nitrogen and oxygen atoms in total. The van der Waals surface area contributed by atoms with Crippen LogP contribution in [-0.2, 0) is 9.63 Å². The summed E-state index contributed by atoms with van der Waals surface area (Å²) >= 11 is 1.93. The second-order valence-electron chi connectivity index (χ2n) is 2.95. The van der Waals surface area contributed by atoms with Crippen molar-refractivity contribution in [3.8, 4) is 0 Å². The van der Waals surface area contributed by atoms with Crippen molar-refractivity contribution < 1.29 is 18.4 Å². The van der Waals surface area contributed by atoms with E-state index < -0.39 is 10.7 Å². The van der Waals surface area contributed by atoms with Gasteiger partial charge in [0.1, 0.15) is 0 Å². The predicted octanol–water partition coefficient (Wildman–Crippen LogP) is 1.96. The molecular formula is C7H10BrF2NO2. The minimum absolute atomic E-state index is 0.112. The van der Waals surface area contributed by atoms with Crippen LogP contribution in [0.5, 0.6) is 0 Å². The summed E-state index contributed by atoms with van der Waals surface area (Å²) in [5.74, 6) is -1.46. The topological polar surface area (TPSA) is 38.3 Å². The van der Waals surface area contributed by atoms with Gasteiger partial charge in [-0.1, -0.05) is 12.8 Å². The van der Waals surface area contributed by atoms with Gasteiger partial charge < -0.3 is 0 Å². The highest BCUT2D eigenvalue weighted by atomic mass is 79.9. The number of hydrogen-bond acceptors (Lipinski definition) is 2. The Hall–Kier alpha value is -0.230. The van der Waals surface area contributed by atoms with Gasteiger partial charge >= 0.3 is 10.7 Å². The van der Waals surface area contributed by atoms with E-state index in [0.29, 0.717) is 0 Å². The summed E-state index contributed by atoms with van der Waals surface area (Å²) in [6, 6.07) is 0. The summed E-state index contributed by atoms with van der Waals surface area (Å²) in [7, 11) is 0. The zero-order valence-electron chi connectivity index (χ0n) is 6.86. The molecule has 1 fully saturated rings. The third kappa shape index (κ3) is 3.56. The van der Waals surface area contributed by atoms with Crippen LogP contribution in [0.15, 0.2) is 0 Å². The number of carbonyl (C=O) groups is 1. The summed E-state index contributed by atoms with van der Waals surface area (Å²) in [5, 5.41) is 0. The van der Waals surface area contributed by atoms with Gasteiger partial charge in [-0.25, -0.2) is 5.48 Å². The average molecular weight is 258 g/mol. The number of amides is 1. The van der Waals surface area contributed by atoms with Gasteiger partial charge in [-0.2, -0.15) is 8.78 Å². The van der Waals surface area contributed by atoms with E-state index in [2.05, 4.69) is 0 Å². The zero-order chi connectivity index (χ0) is 9.90. The Balaban J connectivity index is 2.22. The van der Waals surface area contributed by atoms with Crippen LogP contribution in [-0.4, -0.2) is 16.8 Å². The van der Waals surface area contributed by atoms with Gasteiger partial charge in [0.25, 0.3) is 0 Å². The van der Waals surface area contributed by atoms with E-state index in [9.17, 15) is 13.6 Å². The van der Waals surface area contributed by atoms with E-state index in [1.54, 1.807) is 5.48 Å². The number of hydroxylamine groups is 1. The Kier molecular flexibility index (Phi) is 3.61. The van der Waals surface area contributed by atoms with Crippen LogP contribution in [0, 0.1) is 0 Å². The second kappa shape index (κ2) is 4.32. The first-order valence-electron chi connectivity index (χ1n) is 4.03. The minimum Gasteiger partial charge on any atom is -0.270 e. The maximum Gasteiger partial charge on any atom is 0.379 e. The van der Waals surface area contributed by atoms with Crippen LogP contribution in [0.1, 0.15) is 25.7 Å². The molecule has 0 radical (unpaired) electrons.